The molecular formula is C20H32O4. The summed E-state index contributed by atoms with van der Waals surface area (Å²) in [5, 5.41) is 10.0. The Bertz CT molecular complexity index is 485. The molecule has 0 bridgehead atoms. The molecule has 1 unspecified atom stereocenters. The highest BCUT2D eigenvalue weighted by molar-refractivity contribution is 5.85. The van der Waals surface area contributed by atoms with Crippen LogP contribution in [0.3, 0.4) is 0 Å². The van der Waals surface area contributed by atoms with Gasteiger partial charge in [-0.1, -0.05) is 57.9 Å². The molecule has 0 saturated heterocycles. The lowest BCUT2D eigenvalue weighted by molar-refractivity contribution is -0.126. The summed E-state index contributed by atoms with van der Waals surface area (Å²) in [5.74, 6) is 1.11. The van der Waals surface area contributed by atoms with Crippen LogP contribution in [0.5, 0.6) is 11.5 Å². The average Bonchev–Trinajstić information content (AvgIpc) is 2.60. The van der Waals surface area contributed by atoms with E-state index in [4.69, 9.17) is 9.47 Å². The van der Waals surface area contributed by atoms with E-state index in [1.807, 2.05) is 6.07 Å². The third-order valence-electron chi connectivity index (χ3n) is 4.28. The van der Waals surface area contributed by atoms with Crippen molar-refractivity contribution >= 4 is 5.78 Å². The Balaban J connectivity index is 2.33. The first kappa shape index (κ1) is 20.5. The molecule has 1 N–H and O–H groups in total. The first-order valence-corrected chi connectivity index (χ1v) is 9.04. The Morgan fingerprint density at radius 2 is 1.62 bits per heavy atom. The number of aliphatic hydroxyl groups is 1. The first-order valence-electron chi connectivity index (χ1n) is 9.04. The van der Waals surface area contributed by atoms with Crippen molar-refractivity contribution < 1.29 is 19.4 Å². The van der Waals surface area contributed by atoms with Gasteiger partial charge in [0.05, 0.1) is 14.2 Å². The van der Waals surface area contributed by atoms with Gasteiger partial charge >= 0.3 is 0 Å². The first-order chi connectivity index (χ1) is 11.6. The van der Waals surface area contributed by atoms with Gasteiger partial charge in [0.2, 0.25) is 0 Å². The predicted octanol–water partition coefficient (Wildman–Crippen LogP) is 4.32. The van der Waals surface area contributed by atoms with E-state index >= 15 is 0 Å². The second kappa shape index (κ2) is 11.9. The lowest BCUT2D eigenvalue weighted by Crippen LogP contribution is -2.22. The molecule has 0 radical (unpaired) electrons. The highest BCUT2D eigenvalue weighted by Crippen LogP contribution is 2.28. The summed E-state index contributed by atoms with van der Waals surface area (Å²) in [6.45, 7) is 2.21. The van der Waals surface area contributed by atoms with Crippen molar-refractivity contribution in [1.29, 1.82) is 0 Å². The molecule has 0 amide bonds. The summed E-state index contributed by atoms with van der Waals surface area (Å²) >= 11 is 0. The van der Waals surface area contributed by atoms with Crippen molar-refractivity contribution in [1.82, 2.24) is 0 Å². The van der Waals surface area contributed by atoms with Gasteiger partial charge in [0, 0.05) is 6.42 Å². The van der Waals surface area contributed by atoms with Crippen LogP contribution in [0.1, 0.15) is 63.9 Å². The van der Waals surface area contributed by atoms with E-state index in [1.165, 1.54) is 32.1 Å². The molecule has 0 spiro atoms. The lowest BCUT2D eigenvalue weighted by atomic mass is 10.00. The van der Waals surface area contributed by atoms with Crippen LogP contribution in [0.2, 0.25) is 0 Å². The van der Waals surface area contributed by atoms with E-state index in [-0.39, 0.29) is 12.2 Å². The van der Waals surface area contributed by atoms with Crippen molar-refractivity contribution in [3.63, 3.8) is 0 Å². The minimum absolute atomic E-state index is 0.131. The second-order valence-electron chi connectivity index (χ2n) is 6.26. The normalized spacial score (nSPS) is 12.0. The Morgan fingerprint density at radius 3 is 2.25 bits per heavy atom. The summed E-state index contributed by atoms with van der Waals surface area (Å²) in [6.07, 6.45) is 8.19. The predicted molar refractivity (Wildman–Crippen MR) is 96.9 cm³/mol. The number of aliphatic hydroxyl groups excluding tert-OH is 1. The molecular weight excluding hydrogens is 304 g/mol. The van der Waals surface area contributed by atoms with Gasteiger partial charge in [0.1, 0.15) is 6.10 Å². The third kappa shape index (κ3) is 7.35. The fourth-order valence-electron chi connectivity index (χ4n) is 2.77. The number of hydrogen-bond acceptors (Lipinski definition) is 4. The monoisotopic (exact) mass is 336 g/mol. The zero-order valence-electron chi connectivity index (χ0n) is 15.3. The zero-order chi connectivity index (χ0) is 17.8. The van der Waals surface area contributed by atoms with Crippen molar-refractivity contribution in [3.05, 3.63) is 23.8 Å². The minimum Gasteiger partial charge on any atom is -0.493 e. The fourth-order valence-corrected chi connectivity index (χ4v) is 2.77. The van der Waals surface area contributed by atoms with Crippen molar-refractivity contribution in [2.24, 2.45) is 0 Å². The van der Waals surface area contributed by atoms with E-state index in [9.17, 15) is 9.90 Å². The number of carbonyl (C=O) groups excluding carboxylic acids is 1. The summed E-state index contributed by atoms with van der Waals surface area (Å²) in [5.41, 5.74) is 0.830. The molecule has 136 valence electrons. The van der Waals surface area contributed by atoms with Gasteiger partial charge in [0.25, 0.3) is 0 Å². The van der Waals surface area contributed by atoms with Crippen molar-refractivity contribution in [3.8, 4) is 11.5 Å². The molecule has 0 aromatic heterocycles. The number of benzene rings is 1. The number of ketones is 1. The van der Waals surface area contributed by atoms with Gasteiger partial charge in [-0.25, -0.2) is 0 Å². The molecule has 4 nitrogen and oxygen atoms in total. The smallest absolute Gasteiger partial charge is 0.165 e. The number of ether oxygens (including phenoxy) is 2. The topological polar surface area (TPSA) is 55.8 Å². The Morgan fingerprint density at radius 1 is 1.00 bits per heavy atom. The highest BCUT2D eigenvalue weighted by atomic mass is 16.5. The number of unbranched alkanes of at least 4 members (excludes halogenated alkanes) is 6. The molecule has 0 fully saturated rings. The number of rotatable bonds is 13. The summed E-state index contributed by atoms with van der Waals surface area (Å²) in [4.78, 5) is 12.1. The Labute approximate surface area is 146 Å². The molecule has 24 heavy (non-hydrogen) atoms. The van der Waals surface area contributed by atoms with E-state index in [2.05, 4.69) is 6.92 Å². The number of carbonyl (C=O) groups is 1. The van der Waals surface area contributed by atoms with Gasteiger partial charge < -0.3 is 14.6 Å². The molecule has 1 atom stereocenters. The minimum atomic E-state index is -0.867. The molecule has 1 aromatic carbocycles. The van der Waals surface area contributed by atoms with Gasteiger partial charge in [0.15, 0.2) is 17.3 Å². The lowest BCUT2D eigenvalue weighted by Gasteiger charge is -2.12. The van der Waals surface area contributed by atoms with Gasteiger partial charge in [-0.3, -0.25) is 4.79 Å². The second-order valence-corrected chi connectivity index (χ2v) is 6.26. The van der Waals surface area contributed by atoms with E-state index in [0.29, 0.717) is 17.9 Å². The maximum Gasteiger partial charge on any atom is 0.165 e. The van der Waals surface area contributed by atoms with Crippen LogP contribution >= 0.6 is 0 Å². The summed E-state index contributed by atoms with van der Waals surface area (Å²) in [7, 11) is 3.15. The molecule has 0 heterocycles. The fraction of sp³-hybridized carbons (Fsp3) is 0.650. The molecule has 0 aliphatic rings. The number of methoxy groups -OCH3 is 2. The molecule has 0 saturated carbocycles. The van der Waals surface area contributed by atoms with Gasteiger partial charge in [-0.2, -0.15) is 0 Å². The van der Waals surface area contributed by atoms with E-state index in [0.717, 1.165) is 18.4 Å². The van der Waals surface area contributed by atoms with Crippen molar-refractivity contribution in [2.75, 3.05) is 14.2 Å². The molecule has 0 aliphatic heterocycles. The van der Waals surface area contributed by atoms with Gasteiger partial charge in [-0.15, -0.1) is 0 Å². The highest BCUT2D eigenvalue weighted by Gasteiger charge is 2.16. The average molecular weight is 336 g/mol. The largest absolute Gasteiger partial charge is 0.493 e. The molecule has 1 aromatic rings. The summed E-state index contributed by atoms with van der Waals surface area (Å²) < 4.78 is 10.4. The maximum atomic E-state index is 12.1. The molecule has 4 heteroatoms. The number of hydrogen-bond donors (Lipinski definition) is 1. The van der Waals surface area contributed by atoms with Crippen LogP contribution in [0.15, 0.2) is 18.2 Å². The maximum absolute atomic E-state index is 12.1. The standard InChI is InChI=1S/C20H32O4/c1-4-5-6-7-8-9-10-11-17(21)18(22)14-16-12-13-19(23-2)20(15-16)24-3/h12-13,15,17,21H,4-11,14H2,1-3H3. The van der Waals surface area contributed by atoms with Crippen LogP contribution in [0.4, 0.5) is 0 Å². The Hall–Kier alpha value is -1.55. The summed E-state index contributed by atoms with van der Waals surface area (Å²) in [6, 6.07) is 5.40. The van der Waals surface area contributed by atoms with Crippen molar-refractivity contribution in [2.45, 2.75) is 70.8 Å². The molecule has 1 rings (SSSR count). The SMILES string of the molecule is CCCCCCCCCC(O)C(=O)Cc1ccc(OC)c(OC)c1. The third-order valence-corrected chi connectivity index (χ3v) is 4.28. The van der Waals surface area contributed by atoms with Crippen LogP contribution in [0.25, 0.3) is 0 Å². The van der Waals surface area contributed by atoms with E-state index < -0.39 is 6.10 Å². The zero-order valence-corrected chi connectivity index (χ0v) is 15.3. The van der Waals surface area contributed by atoms with Crippen LogP contribution in [-0.4, -0.2) is 31.2 Å². The van der Waals surface area contributed by atoms with Gasteiger partial charge in [-0.05, 0) is 24.1 Å². The Kier molecular flexibility index (Phi) is 10.2. The van der Waals surface area contributed by atoms with Crippen LogP contribution < -0.4 is 9.47 Å². The van der Waals surface area contributed by atoms with Crippen LogP contribution in [-0.2, 0) is 11.2 Å². The number of Topliss-reactive ketones (excluding diaryl/α,β-unsaturated/α-hetero) is 1. The molecule has 0 aliphatic carbocycles. The quantitative estimate of drug-likeness (QED) is 0.545. The van der Waals surface area contributed by atoms with E-state index in [1.54, 1.807) is 26.4 Å². The van der Waals surface area contributed by atoms with Crippen LogP contribution in [0, 0.1) is 0 Å².